The molecule has 2 N–H and O–H groups in total. The molecule has 0 fully saturated rings. The molecular weight excluding hydrogens is 388 g/mol. The molecule has 31 heavy (non-hydrogen) atoms. The number of nitrogens with one attached hydrogen (secondary N) is 2. The standard InChI is InChI=1S/C26H30N2O3/c1-4-22(19-15-17-21(30-3)18-16-19)27-25(20-11-7-6-8-12-20)26(29)28-23-13-9-10-14-24(23)31-5-2/h6-18,22,25,27H,4-5H2,1-3H3,(H,28,29). The van der Waals surface area contributed by atoms with Crippen molar-refractivity contribution in [1.29, 1.82) is 0 Å². The number of carbonyl (C=O) groups excluding carboxylic acids is 1. The van der Waals surface area contributed by atoms with Crippen LogP contribution in [0.3, 0.4) is 0 Å². The molecule has 0 bridgehead atoms. The minimum Gasteiger partial charge on any atom is -0.497 e. The fourth-order valence-electron chi connectivity index (χ4n) is 3.51. The zero-order valence-electron chi connectivity index (χ0n) is 18.3. The Labute approximate surface area is 184 Å². The van der Waals surface area contributed by atoms with Crippen molar-refractivity contribution in [3.8, 4) is 11.5 Å². The van der Waals surface area contributed by atoms with Crippen LogP contribution in [0, 0.1) is 0 Å². The summed E-state index contributed by atoms with van der Waals surface area (Å²) < 4.78 is 10.9. The van der Waals surface area contributed by atoms with Crippen molar-refractivity contribution in [2.75, 3.05) is 19.0 Å². The Morgan fingerprint density at radius 2 is 1.55 bits per heavy atom. The minimum absolute atomic E-state index is 0.00370. The summed E-state index contributed by atoms with van der Waals surface area (Å²) in [6, 6.07) is 24.7. The number of para-hydroxylation sites is 2. The number of ether oxygens (including phenoxy) is 2. The van der Waals surface area contributed by atoms with Gasteiger partial charge >= 0.3 is 0 Å². The highest BCUT2D eigenvalue weighted by atomic mass is 16.5. The zero-order chi connectivity index (χ0) is 22.1. The van der Waals surface area contributed by atoms with E-state index in [1.165, 1.54) is 0 Å². The zero-order valence-corrected chi connectivity index (χ0v) is 18.3. The molecule has 0 aromatic heterocycles. The monoisotopic (exact) mass is 418 g/mol. The Kier molecular flexibility index (Phi) is 8.07. The van der Waals surface area contributed by atoms with Gasteiger partial charge in [-0.05, 0) is 48.7 Å². The van der Waals surface area contributed by atoms with E-state index >= 15 is 0 Å². The Hall–Kier alpha value is -3.31. The summed E-state index contributed by atoms with van der Waals surface area (Å²) in [6.45, 7) is 4.56. The molecule has 2 unspecified atom stereocenters. The van der Waals surface area contributed by atoms with Crippen molar-refractivity contribution in [3.05, 3.63) is 90.0 Å². The lowest BCUT2D eigenvalue weighted by molar-refractivity contribution is -0.118. The summed E-state index contributed by atoms with van der Waals surface area (Å²) in [7, 11) is 1.65. The lowest BCUT2D eigenvalue weighted by atomic mass is 9.99. The number of methoxy groups -OCH3 is 1. The van der Waals surface area contributed by atoms with E-state index in [0.29, 0.717) is 18.0 Å². The number of carbonyl (C=O) groups is 1. The van der Waals surface area contributed by atoms with E-state index in [0.717, 1.165) is 23.3 Å². The number of hydrogen-bond donors (Lipinski definition) is 2. The molecule has 2 atom stereocenters. The molecule has 162 valence electrons. The predicted molar refractivity (Wildman–Crippen MR) is 125 cm³/mol. The van der Waals surface area contributed by atoms with Crippen molar-refractivity contribution < 1.29 is 14.3 Å². The maximum Gasteiger partial charge on any atom is 0.246 e. The van der Waals surface area contributed by atoms with Crippen molar-refractivity contribution in [2.45, 2.75) is 32.4 Å². The molecule has 0 spiro atoms. The molecule has 1 amide bonds. The molecule has 5 nitrogen and oxygen atoms in total. The molecule has 3 rings (SSSR count). The Morgan fingerprint density at radius 3 is 2.19 bits per heavy atom. The van der Waals surface area contributed by atoms with Crippen LogP contribution in [0.1, 0.15) is 43.5 Å². The average Bonchev–Trinajstić information content (AvgIpc) is 2.82. The van der Waals surface area contributed by atoms with Gasteiger partial charge < -0.3 is 14.8 Å². The first-order valence-corrected chi connectivity index (χ1v) is 10.6. The van der Waals surface area contributed by atoms with E-state index < -0.39 is 6.04 Å². The number of benzene rings is 3. The van der Waals surface area contributed by atoms with E-state index in [2.05, 4.69) is 17.6 Å². The summed E-state index contributed by atoms with van der Waals surface area (Å²) in [5, 5.41) is 6.60. The van der Waals surface area contributed by atoms with E-state index in [1.807, 2.05) is 85.8 Å². The van der Waals surface area contributed by atoms with Crippen LogP contribution in [-0.2, 0) is 4.79 Å². The first-order valence-electron chi connectivity index (χ1n) is 10.6. The van der Waals surface area contributed by atoms with E-state index in [9.17, 15) is 4.79 Å². The van der Waals surface area contributed by atoms with Gasteiger partial charge in [0.2, 0.25) is 5.91 Å². The van der Waals surface area contributed by atoms with Crippen LogP contribution in [0.25, 0.3) is 0 Å². The molecule has 0 saturated heterocycles. The van der Waals surface area contributed by atoms with Crippen LogP contribution in [0.2, 0.25) is 0 Å². The maximum absolute atomic E-state index is 13.4. The number of rotatable bonds is 10. The van der Waals surface area contributed by atoms with Crippen molar-refractivity contribution >= 4 is 11.6 Å². The third kappa shape index (κ3) is 5.86. The minimum atomic E-state index is -0.525. The second-order valence-corrected chi connectivity index (χ2v) is 7.16. The third-order valence-electron chi connectivity index (χ3n) is 5.13. The summed E-state index contributed by atoms with van der Waals surface area (Å²) in [6.07, 6.45) is 0.832. The quantitative estimate of drug-likeness (QED) is 0.455. The molecular formula is C26H30N2O3. The summed E-state index contributed by atoms with van der Waals surface area (Å²) in [4.78, 5) is 13.4. The van der Waals surface area contributed by atoms with Gasteiger partial charge in [0, 0.05) is 6.04 Å². The van der Waals surface area contributed by atoms with Gasteiger partial charge in [0.05, 0.1) is 19.4 Å². The van der Waals surface area contributed by atoms with Crippen LogP contribution in [0.15, 0.2) is 78.9 Å². The van der Waals surface area contributed by atoms with Crippen molar-refractivity contribution in [1.82, 2.24) is 5.32 Å². The van der Waals surface area contributed by atoms with Gasteiger partial charge in [-0.3, -0.25) is 10.1 Å². The van der Waals surface area contributed by atoms with Gasteiger partial charge in [-0.2, -0.15) is 0 Å². The molecule has 0 aliphatic heterocycles. The lowest BCUT2D eigenvalue weighted by Gasteiger charge is -2.26. The topological polar surface area (TPSA) is 59.6 Å². The smallest absolute Gasteiger partial charge is 0.246 e. The highest BCUT2D eigenvalue weighted by Gasteiger charge is 2.25. The van der Waals surface area contributed by atoms with Crippen LogP contribution in [0.5, 0.6) is 11.5 Å². The largest absolute Gasteiger partial charge is 0.497 e. The highest BCUT2D eigenvalue weighted by Crippen LogP contribution is 2.28. The maximum atomic E-state index is 13.4. The number of amides is 1. The van der Waals surface area contributed by atoms with E-state index in [1.54, 1.807) is 7.11 Å². The highest BCUT2D eigenvalue weighted by molar-refractivity contribution is 5.96. The molecule has 0 aliphatic carbocycles. The second-order valence-electron chi connectivity index (χ2n) is 7.16. The van der Waals surface area contributed by atoms with Crippen molar-refractivity contribution in [2.24, 2.45) is 0 Å². The fraction of sp³-hybridized carbons (Fsp3) is 0.269. The summed E-state index contributed by atoms with van der Waals surface area (Å²) >= 11 is 0. The first-order chi connectivity index (χ1) is 15.2. The summed E-state index contributed by atoms with van der Waals surface area (Å²) in [5.41, 5.74) is 2.67. The Bertz CT molecular complexity index is 958. The molecule has 5 heteroatoms. The number of hydrogen-bond acceptors (Lipinski definition) is 4. The average molecular weight is 419 g/mol. The van der Waals surface area contributed by atoms with Crippen LogP contribution >= 0.6 is 0 Å². The van der Waals surface area contributed by atoms with E-state index in [-0.39, 0.29) is 11.9 Å². The molecule has 0 aliphatic rings. The first kappa shape index (κ1) is 22.4. The van der Waals surface area contributed by atoms with Crippen LogP contribution in [-0.4, -0.2) is 19.6 Å². The third-order valence-corrected chi connectivity index (χ3v) is 5.13. The second kappa shape index (κ2) is 11.2. The van der Waals surface area contributed by atoms with Crippen LogP contribution in [0.4, 0.5) is 5.69 Å². The SMILES string of the molecule is CCOc1ccccc1NC(=O)C(NC(CC)c1ccc(OC)cc1)c1ccccc1. The van der Waals surface area contributed by atoms with Gasteiger partial charge in [0.15, 0.2) is 0 Å². The Morgan fingerprint density at radius 1 is 0.871 bits per heavy atom. The molecule has 0 saturated carbocycles. The van der Waals surface area contributed by atoms with Gasteiger partial charge in [-0.1, -0.05) is 61.5 Å². The van der Waals surface area contributed by atoms with Gasteiger partial charge in [-0.25, -0.2) is 0 Å². The molecule has 3 aromatic rings. The van der Waals surface area contributed by atoms with Gasteiger partial charge in [0.1, 0.15) is 17.5 Å². The van der Waals surface area contributed by atoms with Crippen molar-refractivity contribution in [3.63, 3.8) is 0 Å². The normalized spacial score (nSPS) is 12.6. The lowest BCUT2D eigenvalue weighted by Crippen LogP contribution is -2.35. The van der Waals surface area contributed by atoms with Crippen LogP contribution < -0.4 is 20.1 Å². The molecule has 0 heterocycles. The Balaban J connectivity index is 1.86. The van der Waals surface area contributed by atoms with E-state index in [4.69, 9.17) is 9.47 Å². The number of anilines is 1. The predicted octanol–water partition coefficient (Wildman–Crippen LogP) is 5.51. The summed E-state index contributed by atoms with van der Waals surface area (Å²) in [5.74, 6) is 1.33. The fourth-order valence-corrected chi connectivity index (χ4v) is 3.51. The van der Waals surface area contributed by atoms with Gasteiger partial charge in [-0.15, -0.1) is 0 Å². The molecule has 0 radical (unpaired) electrons. The van der Waals surface area contributed by atoms with Gasteiger partial charge in [0.25, 0.3) is 0 Å². The molecule has 3 aromatic carbocycles.